The average Bonchev–Trinajstić information content (AvgIpc) is 2.37. The molecule has 0 heterocycles. The second kappa shape index (κ2) is 6.53. The first-order valence-corrected chi connectivity index (χ1v) is 8.92. The fourth-order valence-electron chi connectivity index (χ4n) is 2.47. The lowest BCUT2D eigenvalue weighted by Gasteiger charge is -2.18. The number of fused-ring (bicyclic) bond motifs is 1. The third-order valence-electron chi connectivity index (χ3n) is 3.35. The Morgan fingerprint density at radius 1 is 1.20 bits per heavy atom. The van der Waals surface area contributed by atoms with E-state index in [9.17, 15) is 9.46 Å². The largest absolute Gasteiger partial charge is 0.333 e. The van der Waals surface area contributed by atoms with E-state index in [-0.39, 0.29) is 12.2 Å². The second-order valence-corrected chi connectivity index (χ2v) is 7.34. The maximum absolute atomic E-state index is 12.2. The van der Waals surface area contributed by atoms with E-state index in [0.717, 1.165) is 29.2 Å². The first kappa shape index (κ1) is 15.2. The van der Waals surface area contributed by atoms with Crippen LogP contribution in [-0.4, -0.2) is 10.9 Å². The number of hydrogen-bond acceptors (Lipinski definition) is 1. The van der Waals surface area contributed by atoms with Gasteiger partial charge in [0, 0.05) is 6.04 Å². The van der Waals surface area contributed by atoms with Crippen molar-refractivity contribution in [3.05, 3.63) is 48.0 Å². The zero-order valence-electron chi connectivity index (χ0n) is 12.0. The number of benzene rings is 2. The molecule has 0 saturated heterocycles. The molecule has 0 aliphatic carbocycles. The van der Waals surface area contributed by atoms with E-state index in [1.54, 1.807) is 0 Å². The Kier molecular flexibility index (Phi) is 4.98. The minimum absolute atomic E-state index is 0.0660. The summed E-state index contributed by atoms with van der Waals surface area (Å²) in [7, 11) is -3.33. The molecular weight excluding hydrogens is 269 g/mol. The molecule has 0 aromatic heterocycles. The topological polar surface area (TPSA) is 49.3 Å². The lowest BCUT2D eigenvalue weighted by Crippen LogP contribution is -2.23. The molecule has 2 rings (SSSR count). The van der Waals surface area contributed by atoms with Crippen LogP contribution in [0.4, 0.5) is 0 Å². The van der Waals surface area contributed by atoms with Crippen LogP contribution in [0, 0.1) is 0 Å². The van der Waals surface area contributed by atoms with Gasteiger partial charge in [-0.15, -0.1) is 0 Å². The van der Waals surface area contributed by atoms with Crippen LogP contribution < -0.4 is 5.09 Å². The van der Waals surface area contributed by atoms with Crippen molar-refractivity contribution in [2.45, 2.75) is 38.9 Å². The smallest absolute Gasteiger partial charge is 0.271 e. The van der Waals surface area contributed by atoms with Crippen LogP contribution in [0.15, 0.2) is 42.5 Å². The summed E-state index contributed by atoms with van der Waals surface area (Å²) in [6.45, 7) is 4.02. The molecule has 0 aliphatic rings. The van der Waals surface area contributed by atoms with Crippen molar-refractivity contribution >= 4 is 18.3 Å². The lowest BCUT2D eigenvalue weighted by atomic mass is 10.1. The van der Waals surface area contributed by atoms with Crippen molar-refractivity contribution in [1.82, 2.24) is 5.09 Å². The molecule has 2 aromatic rings. The first-order chi connectivity index (χ1) is 9.50. The molecule has 4 heteroatoms. The van der Waals surface area contributed by atoms with Gasteiger partial charge in [0.2, 0.25) is 0 Å². The van der Waals surface area contributed by atoms with Crippen molar-refractivity contribution in [2.75, 3.05) is 0 Å². The molecule has 2 N–H and O–H groups in total. The molecule has 0 spiro atoms. The molecule has 3 nitrogen and oxygen atoms in total. The fraction of sp³-hybridized carbons (Fsp3) is 0.375. The third kappa shape index (κ3) is 4.17. The highest BCUT2D eigenvalue weighted by atomic mass is 31.2. The maximum atomic E-state index is 12.2. The van der Waals surface area contributed by atoms with E-state index < -0.39 is 7.52 Å². The van der Waals surface area contributed by atoms with Crippen LogP contribution >= 0.6 is 7.52 Å². The SMILES string of the molecule is CCCC(C)NP(=O)(O)Cc1ccc2ccccc2c1. The Morgan fingerprint density at radius 2 is 1.90 bits per heavy atom. The minimum atomic E-state index is -3.33. The maximum Gasteiger partial charge on any atom is 0.271 e. The van der Waals surface area contributed by atoms with Crippen LogP contribution in [0.2, 0.25) is 0 Å². The fourth-order valence-corrected chi connectivity index (χ4v) is 4.07. The van der Waals surface area contributed by atoms with Gasteiger partial charge in [0.1, 0.15) is 0 Å². The number of nitrogens with one attached hydrogen (secondary N) is 1. The Labute approximate surface area is 120 Å². The molecule has 20 heavy (non-hydrogen) atoms. The summed E-state index contributed by atoms with van der Waals surface area (Å²) in [4.78, 5) is 10.1. The minimum Gasteiger partial charge on any atom is -0.333 e. The van der Waals surface area contributed by atoms with Crippen molar-refractivity contribution in [2.24, 2.45) is 0 Å². The van der Waals surface area contributed by atoms with Gasteiger partial charge in [-0.2, -0.15) is 0 Å². The standard InChI is InChI=1S/C16H22NO2P/c1-3-6-13(2)17-20(18,19)12-14-9-10-15-7-4-5-8-16(15)11-14/h4-5,7-11,13H,3,6,12H2,1-2H3,(H2,17,18,19). The summed E-state index contributed by atoms with van der Waals surface area (Å²) in [5.74, 6) is 0. The molecule has 0 amide bonds. The van der Waals surface area contributed by atoms with Crippen LogP contribution in [-0.2, 0) is 10.7 Å². The Bertz CT molecular complexity index is 627. The van der Waals surface area contributed by atoms with E-state index >= 15 is 0 Å². The van der Waals surface area contributed by atoms with Gasteiger partial charge < -0.3 is 4.89 Å². The normalized spacial score (nSPS) is 15.9. The van der Waals surface area contributed by atoms with E-state index in [2.05, 4.69) is 12.0 Å². The summed E-state index contributed by atoms with van der Waals surface area (Å²) >= 11 is 0. The van der Waals surface area contributed by atoms with Crippen molar-refractivity contribution in [3.8, 4) is 0 Å². The lowest BCUT2D eigenvalue weighted by molar-refractivity contribution is 0.444. The molecule has 0 aliphatic heterocycles. The third-order valence-corrected chi connectivity index (χ3v) is 4.99. The Morgan fingerprint density at radius 3 is 2.60 bits per heavy atom. The highest BCUT2D eigenvalue weighted by Crippen LogP contribution is 2.41. The van der Waals surface area contributed by atoms with Gasteiger partial charge in [0.25, 0.3) is 7.52 Å². The second-order valence-electron chi connectivity index (χ2n) is 5.36. The van der Waals surface area contributed by atoms with E-state index in [1.807, 2.05) is 49.4 Å². The van der Waals surface area contributed by atoms with Gasteiger partial charge in [-0.1, -0.05) is 55.8 Å². The molecule has 0 saturated carbocycles. The number of rotatable bonds is 6. The zero-order valence-corrected chi connectivity index (χ0v) is 12.9. The summed E-state index contributed by atoms with van der Waals surface area (Å²) in [6.07, 6.45) is 2.08. The summed E-state index contributed by atoms with van der Waals surface area (Å²) in [5.41, 5.74) is 0.894. The van der Waals surface area contributed by atoms with Crippen LogP contribution in [0.3, 0.4) is 0 Å². The predicted octanol–water partition coefficient (Wildman–Crippen LogP) is 4.30. The van der Waals surface area contributed by atoms with Crippen molar-refractivity contribution in [1.29, 1.82) is 0 Å². The van der Waals surface area contributed by atoms with Gasteiger partial charge in [0.15, 0.2) is 0 Å². The highest BCUT2D eigenvalue weighted by molar-refractivity contribution is 7.55. The van der Waals surface area contributed by atoms with Gasteiger partial charge in [0.05, 0.1) is 6.16 Å². The van der Waals surface area contributed by atoms with E-state index in [1.165, 1.54) is 0 Å². The van der Waals surface area contributed by atoms with Crippen LogP contribution in [0.1, 0.15) is 32.3 Å². The average molecular weight is 291 g/mol. The van der Waals surface area contributed by atoms with Crippen molar-refractivity contribution in [3.63, 3.8) is 0 Å². The predicted molar refractivity (Wildman–Crippen MR) is 85.0 cm³/mol. The quantitative estimate of drug-likeness (QED) is 0.780. The Balaban J connectivity index is 2.12. The molecule has 108 valence electrons. The highest BCUT2D eigenvalue weighted by Gasteiger charge is 2.21. The molecule has 2 atom stereocenters. The zero-order chi connectivity index (χ0) is 14.6. The van der Waals surface area contributed by atoms with Crippen LogP contribution in [0.25, 0.3) is 10.8 Å². The first-order valence-electron chi connectivity index (χ1n) is 7.07. The van der Waals surface area contributed by atoms with Gasteiger partial charge in [-0.3, -0.25) is 4.57 Å². The van der Waals surface area contributed by atoms with E-state index in [0.29, 0.717) is 0 Å². The molecule has 0 bridgehead atoms. The summed E-state index contributed by atoms with van der Waals surface area (Å²) in [5, 5.41) is 5.12. The van der Waals surface area contributed by atoms with Crippen LogP contribution in [0.5, 0.6) is 0 Å². The Hall–Kier alpha value is -1.15. The molecular formula is C16H22NO2P. The monoisotopic (exact) mass is 291 g/mol. The van der Waals surface area contributed by atoms with Gasteiger partial charge in [-0.05, 0) is 29.7 Å². The van der Waals surface area contributed by atoms with Gasteiger partial charge in [-0.25, -0.2) is 5.09 Å². The molecule has 2 aromatic carbocycles. The van der Waals surface area contributed by atoms with E-state index in [4.69, 9.17) is 0 Å². The van der Waals surface area contributed by atoms with Gasteiger partial charge >= 0.3 is 0 Å². The molecule has 0 radical (unpaired) electrons. The number of hydrogen-bond donors (Lipinski definition) is 2. The summed E-state index contributed by atoms with van der Waals surface area (Å²) in [6, 6.07) is 14.0. The summed E-state index contributed by atoms with van der Waals surface area (Å²) < 4.78 is 12.2. The molecule has 0 fully saturated rings. The molecule has 2 unspecified atom stereocenters. The van der Waals surface area contributed by atoms with Crippen molar-refractivity contribution < 1.29 is 9.46 Å².